The Morgan fingerprint density at radius 3 is 2.78 bits per heavy atom. The van der Waals surface area contributed by atoms with Crippen LogP contribution in [0, 0.1) is 12.3 Å². The number of aromatic nitrogens is 1. The van der Waals surface area contributed by atoms with Crippen LogP contribution in [0.25, 0.3) is 0 Å². The van der Waals surface area contributed by atoms with Crippen LogP contribution in [0.2, 0.25) is 0 Å². The highest BCUT2D eigenvalue weighted by Gasteiger charge is 2.53. The zero-order valence-corrected chi connectivity index (χ0v) is 27.7. The number of unbranched alkanes of at least 4 members (excludes halogenated alkanes) is 1. The fourth-order valence-electron chi connectivity index (χ4n) is 8.37. The minimum atomic E-state index is -0.896. The molecule has 4 heterocycles. The number of rotatable bonds is 10. The summed E-state index contributed by atoms with van der Waals surface area (Å²) < 4.78 is 12.1. The Hall–Kier alpha value is -3.01. The average molecular weight is 619 g/mol. The van der Waals surface area contributed by atoms with Gasteiger partial charge in [0, 0.05) is 50.7 Å². The van der Waals surface area contributed by atoms with Crippen molar-refractivity contribution in [1.29, 1.82) is 0 Å². The van der Waals surface area contributed by atoms with Crippen molar-refractivity contribution in [3.63, 3.8) is 0 Å². The number of aliphatic carboxylic acids is 1. The first-order chi connectivity index (χ1) is 21.5. The standard InChI is InChI=1S/C36H50N4O5/c1-23-19-27(30-28(20-23)36(34(43)40(30)5)13-17-44-18-14-36)31(33(41)42)39(4)26-21-29(35(2,3)22-26)45-16-7-6-10-25-12-11-24-9-8-15-37-32(24)38-25/h11-12,19-20,26,29,31H,6-10,13-18,21-22H2,1-5H3,(H,37,38)(H,41,42)/t26-,29-,31+/m1/s1. The normalized spacial score (nSPS) is 24.0. The lowest BCUT2D eigenvalue weighted by molar-refractivity contribution is -0.144. The summed E-state index contributed by atoms with van der Waals surface area (Å²) in [7, 11) is 3.72. The van der Waals surface area contributed by atoms with E-state index in [1.54, 1.807) is 11.9 Å². The van der Waals surface area contributed by atoms with E-state index in [9.17, 15) is 14.7 Å². The third-order valence-corrected chi connectivity index (χ3v) is 10.9. The molecule has 1 spiro atoms. The summed E-state index contributed by atoms with van der Waals surface area (Å²) in [6.45, 7) is 9.21. The quantitative estimate of drug-likeness (QED) is 0.340. The minimum Gasteiger partial charge on any atom is -0.480 e. The van der Waals surface area contributed by atoms with Crippen molar-refractivity contribution in [3.05, 3.63) is 52.2 Å². The minimum absolute atomic E-state index is 0.0360. The maximum Gasteiger partial charge on any atom is 0.325 e. The van der Waals surface area contributed by atoms with E-state index in [4.69, 9.17) is 14.5 Å². The lowest BCUT2D eigenvalue weighted by atomic mass is 9.74. The van der Waals surface area contributed by atoms with Gasteiger partial charge in [-0.25, -0.2) is 4.98 Å². The molecule has 0 bridgehead atoms. The first kappa shape index (κ1) is 32.0. The van der Waals surface area contributed by atoms with E-state index in [2.05, 4.69) is 37.4 Å². The van der Waals surface area contributed by atoms with Gasteiger partial charge in [-0.05, 0) is 94.4 Å². The van der Waals surface area contributed by atoms with Crippen molar-refractivity contribution >= 4 is 23.4 Å². The van der Waals surface area contributed by atoms with Crippen molar-refractivity contribution in [2.45, 2.75) is 102 Å². The molecule has 2 N–H and O–H groups in total. The molecular weight excluding hydrogens is 568 g/mol. The number of amides is 1. The van der Waals surface area contributed by atoms with Crippen molar-refractivity contribution in [1.82, 2.24) is 9.88 Å². The van der Waals surface area contributed by atoms with Crippen molar-refractivity contribution in [2.75, 3.05) is 50.7 Å². The number of fused-ring (bicyclic) bond motifs is 3. The molecule has 244 valence electrons. The van der Waals surface area contributed by atoms with Crippen molar-refractivity contribution in [3.8, 4) is 0 Å². The highest BCUT2D eigenvalue weighted by atomic mass is 16.5. The van der Waals surface area contributed by atoms with Crippen molar-refractivity contribution < 1.29 is 24.2 Å². The van der Waals surface area contributed by atoms with Crippen LogP contribution in [0.15, 0.2) is 24.3 Å². The zero-order chi connectivity index (χ0) is 31.9. The van der Waals surface area contributed by atoms with E-state index >= 15 is 0 Å². The van der Waals surface area contributed by atoms with E-state index in [0.29, 0.717) is 38.2 Å². The highest BCUT2D eigenvalue weighted by Crippen LogP contribution is 2.51. The third-order valence-electron chi connectivity index (χ3n) is 10.9. The summed E-state index contributed by atoms with van der Waals surface area (Å²) in [6.07, 6.45) is 8.08. The number of likely N-dealkylation sites (N-methyl/N-ethyl adjacent to an activating group) is 2. The van der Waals surface area contributed by atoms with Crippen LogP contribution in [-0.2, 0) is 37.3 Å². The van der Waals surface area contributed by atoms with Gasteiger partial charge in [0.25, 0.3) is 0 Å². The molecule has 1 aliphatic carbocycles. The summed E-state index contributed by atoms with van der Waals surface area (Å²) in [5.74, 6) is 0.204. The molecule has 6 rings (SSSR count). The fraction of sp³-hybridized carbons (Fsp3) is 0.639. The highest BCUT2D eigenvalue weighted by molar-refractivity contribution is 6.09. The largest absolute Gasteiger partial charge is 0.480 e. The van der Waals surface area contributed by atoms with Gasteiger partial charge in [-0.3, -0.25) is 14.5 Å². The van der Waals surface area contributed by atoms with Crippen LogP contribution in [0.3, 0.4) is 0 Å². The molecule has 1 amide bonds. The number of aryl methyl sites for hydroxylation is 3. The number of anilines is 2. The Morgan fingerprint density at radius 2 is 2.02 bits per heavy atom. The maximum atomic E-state index is 13.7. The first-order valence-electron chi connectivity index (χ1n) is 16.8. The molecule has 1 aromatic heterocycles. The molecule has 0 radical (unpaired) electrons. The predicted molar refractivity (Wildman–Crippen MR) is 175 cm³/mol. The molecule has 1 aromatic carbocycles. The second-order valence-corrected chi connectivity index (χ2v) is 14.5. The number of nitrogens with one attached hydrogen (secondary N) is 1. The molecule has 1 saturated heterocycles. The summed E-state index contributed by atoms with van der Waals surface area (Å²) in [6, 6.07) is 7.60. The Balaban J connectivity index is 1.12. The van der Waals surface area contributed by atoms with Gasteiger partial charge in [-0.2, -0.15) is 0 Å². The van der Waals surface area contributed by atoms with Gasteiger partial charge in [-0.15, -0.1) is 0 Å². The van der Waals surface area contributed by atoms with Gasteiger partial charge in [0.1, 0.15) is 11.9 Å². The maximum absolute atomic E-state index is 13.7. The number of hydrogen-bond acceptors (Lipinski definition) is 7. The van der Waals surface area contributed by atoms with Crippen LogP contribution in [0.5, 0.6) is 0 Å². The molecule has 4 aliphatic rings. The number of carboxylic acid groups (broad SMARTS) is 1. The van der Waals surface area contributed by atoms with E-state index < -0.39 is 17.4 Å². The fourth-order valence-corrected chi connectivity index (χ4v) is 8.37. The van der Waals surface area contributed by atoms with Gasteiger partial charge < -0.3 is 24.8 Å². The second-order valence-electron chi connectivity index (χ2n) is 14.5. The Kier molecular flexibility index (Phi) is 8.98. The molecule has 1 saturated carbocycles. The van der Waals surface area contributed by atoms with E-state index in [0.717, 1.165) is 73.4 Å². The summed E-state index contributed by atoms with van der Waals surface area (Å²) in [5.41, 5.74) is 5.14. The molecule has 9 nitrogen and oxygen atoms in total. The molecule has 2 fully saturated rings. The van der Waals surface area contributed by atoms with Gasteiger partial charge in [0.15, 0.2) is 0 Å². The van der Waals surface area contributed by atoms with E-state index in [1.807, 2.05) is 24.9 Å². The van der Waals surface area contributed by atoms with Crippen LogP contribution < -0.4 is 10.2 Å². The van der Waals surface area contributed by atoms with Crippen LogP contribution in [-0.4, -0.2) is 79.5 Å². The molecule has 45 heavy (non-hydrogen) atoms. The molecular formula is C36H50N4O5. The van der Waals surface area contributed by atoms with E-state index in [-0.39, 0.29) is 23.5 Å². The predicted octanol–water partition coefficient (Wildman–Crippen LogP) is 5.43. The summed E-state index contributed by atoms with van der Waals surface area (Å²) in [5, 5.41) is 14.1. The third kappa shape index (κ3) is 5.99. The van der Waals surface area contributed by atoms with Crippen LogP contribution >= 0.6 is 0 Å². The molecule has 3 aliphatic heterocycles. The zero-order valence-electron chi connectivity index (χ0n) is 27.7. The van der Waals surface area contributed by atoms with Gasteiger partial charge >= 0.3 is 5.97 Å². The molecule has 2 aromatic rings. The number of ether oxygens (including phenoxy) is 2. The summed E-state index contributed by atoms with van der Waals surface area (Å²) in [4.78, 5) is 35.3. The first-order valence-corrected chi connectivity index (χ1v) is 16.8. The second kappa shape index (κ2) is 12.6. The number of carbonyl (C=O) groups is 2. The van der Waals surface area contributed by atoms with Gasteiger partial charge in [0.05, 0.1) is 17.2 Å². The van der Waals surface area contributed by atoms with Crippen LogP contribution in [0.4, 0.5) is 11.5 Å². The van der Waals surface area contributed by atoms with Gasteiger partial charge in [0.2, 0.25) is 5.91 Å². The smallest absolute Gasteiger partial charge is 0.325 e. The average Bonchev–Trinajstić information content (AvgIpc) is 3.42. The molecule has 3 atom stereocenters. The van der Waals surface area contributed by atoms with Crippen molar-refractivity contribution in [2.24, 2.45) is 5.41 Å². The molecule has 9 heteroatoms. The number of hydrogen-bond donors (Lipinski definition) is 2. The lowest BCUT2D eigenvalue weighted by Crippen LogP contribution is -2.43. The molecule has 0 unspecified atom stereocenters. The van der Waals surface area contributed by atoms with E-state index in [1.165, 1.54) is 12.0 Å². The SMILES string of the molecule is Cc1cc([C@@H](C(=O)O)N(C)[C@@H]2C[C@@H](OCCCCc3ccc4c(n3)NCCC4)C(C)(C)C2)c2c(c1)C1(CCOCC1)C(=O)N2C. The number of carbonyl (C=O) groups excluding carboxylic acids is 1. The Labute approximate surface area is 267 Å². The number of pyridine rings is 1. The number of nitrogens with zero attached hydrogens (tertiary/aromatic N) is 3. The lowest BCUT2D eigenvalue weighted by Gasteiger charge is -2.33. The Morgan fingerprint density at radius 1 is 1.24 bits per heavy atom. The summed E-state index contributed by atoms with van der Waals surface area (Å²) >= 11 is 0. The number of benzene rings is 1. The Bertz CT molecular complexity index is 1430. The monoisotopic (exact) mass is 618 g/mol. The van der Waals surface area contributed by atoms with Gasteiger partial charge in [-0.1, -0.05) is 37.6 Å². The number of carboxylic acids is 1. The van der Waals surface area contributed by atoms with Crippen LogP contribution in [0.1, 0.15) is 92.8 Å². The topological polar surface area (TPSA) is 104 Å².